The summed E-state index contributed by atoms with van der Waals surface area (Å²) < 4.78 is 0.704. The molecule has 11 heavy (non-hydrogen) atoms. The summed E-state index contributed by atoms with van der Waals surface area (Å²) in [5, 5.41) is 16.1. The fourth-order valence-electron chi connectivity index (χ4n) is 0.534. The Balaban J connectivity index is 2.79. The SMILES string of the molecule is O=[N+]([O-])/C=C/c1[nH]ncc1Br. The first-order chi connectivity index (χ1) is 5.20. The zero-order valence-electron chi connectivity index (χ0n) is 5.32. The van der Waals surface area contributed by atoms with Gasteiger partial charge in [0, 0.05) is 6.08 Å². The Hall–Kier alpha value is -1.17. The Bertz CT molecular complexity index is 294. The van der Waals surface area contributed by atoms with Gasteiger partial charge in [-0.05, 0) is 15.9 Å². The van der Waals surface area contributed by atoms with Crippen LogP contribution in [0.4, 0.5) is 0 Å². The van der Waals surface area contributed by atoms with E-state index in [-0.39, 0.29) is 0 Å². The summed E-state index contributed by atoms with van der Waals surface area (Å²) in [7, 11) is 0. The Labute approximate surface area is 70.4 Å². The predicted octanol–water partition coefficient (Wildman–Crippen LogP) is 1.42. The minimum atomic E-state index is -0.534. The molecular weight excluding hydrogens is 214 g/mol. The maximum absolute atomic E-state index is 9.87. The molecule has 0 saturated carbocycles. The molecule has 1 aromatic heterocycles. The summed E-state index contributed by atoms with van der Waals surface area (Å²) >= 11 is 3.15. The molecule has 1 aromatic rings. The quantitative estimate of drug-likeness (QED) is 0.602. The van der Waals surface area contributed by atoms with Crippen LogP contribution in [0.15, 0.2) is 16.9 Å². The molecule has 1 N–H and O–H groups in total. The summed E-state index contributed by atoms with van der Waals surface area (Å²) in [4.78, 5) is 9.34. The zero-order valence-corrected chi connectivity index (χ0v) is 6.91. The van der Waals surface area contributed by atoms with E-state index in [0.29, 0.717) is 10.2 Å². The van der Waals surface area contributed by atoms with Crippen LogP contribution in [0.5, 0.6) is 0 Å². The number of hydrogen-bond donors (Lipinski definition) is 1. The number of hydrogen-bond acceptors (Lipinski definition) is 3. The molecule has 0 aliphatic carbocycles. The molecule has 5 nitrogen and oxygen atoms in total. The van der Waals surface area contributed by atoms with E-state index in [2.05, 4.69) is 26.1 Å². The third-order valence-electron chi connectivity index (χ3n) is 0.983. The average molecular weight is 218 g/mol. The summed E-state index contributed by atoms with van der Waals surface area (Å²) in [6.07, 6.45) is 3.70. The second-order valence-electron chi connectivity index (χ2n) is 1.73. The van der Waals surface area contributed by atoms with E-state index in [4.69, 9.17) is 0 Å². The molecule has 0 atom stereocenters. The fourth-order valence-corrected chi connectivity index (χ4v) is 0.857. The molecular formula is C5H4BrN3O2. The van der Waals surface area contributed by atoms with Gasteiger partial charge in [-0.1, -0.05) is 0 Å². The van der Waals surface area contributed by atoms with Crippen LogP contribution in [0, 0.1) is 10.1 Å². The largest absolute Gasteiger partial charge is 0.277 e. The molecule has 0 aromatic carbocycles. The van der Waals surface area contributed by atoms with Crippen LogP contribution in [0.2, 0.25) is 0 Å². The van der Waals surface area contributed by atoms with Crippen LogP contribution >= 0.6 is 15.9 Å². The first-order valence-electron chi connectivity index (χ1n) is 2.70. The van der Waals surface area contributed by atoms with Crippen molar-refractivity contribution in [1.29, 1.82) is 0 Å². The minimum absolute atomic E-state index is 0.534. The Morgan fingerprint density at radius 2 is 2.55 bits per heavy atom. The van der Waals surface area contributed by atoms with Crippen molar-refractivity contribution in [1.82, 2.24) is 10.2 Å². The number of aromatic nitrogens is 2. The van der Waals surface area contributed by atoms with Crippen molar-refractivity contribution in [2.45, 2.75) is 0 Å². The first-order valence-corrected chi connectivity index (χ1v) is 3.50. The maximum Gasteiger partial charge on any atom is 0.236 e. The topological polar surface area (TPSA) is 71.8 Å². The lowest BCUT2D eigenvalue weighted by atomic mass is 10.4. The van der Waals surface area contributed by atoms with Crippen LogP contribution in [-0.4, -0.2) is 15.1 Å². The summed E-state index contributed by atoms with van der Waals surface area (Å²) in [5.74, 6) is 0. The lowest BCUT2D eigenvalue weighted by Crippen LogP contribution is -1.82. The number of nitrogens with zero attached hydrogens (tertiary/aromatic N) is 2. The molecule has 0 radical (unpaired) electrons. The lowest BCUT2D eigenvalue weighted by Gasteiger charge is -1.82. The van der Waals surface area contributed by atoms with Gasteiger partial charge < -0.3 is 0 Å². The van der Waals surface area contributed by atoms with E-state index in [0.717, 1.165) is 6.20 Å². The molecule has 0 spiro atoms. The van der Waals surface area contributed by atoms with Gasteiger partial charge in [0.15, 0.2) is 0 Å². The monoisotopic (exact) mass is 217 g/mol. The van der Waals surface area contributed by atoms with Crippen LogP contribution < -0.4 is 0 Å². The number of rotatable bonds is 2. The number of halogens is 1. The standard InChI is InChI=1S/C5H4BrN3O2/c6-4-3-7-8-5(4)1-2-9(10)11/h1-3H,(H,7,8)/b2-1+. The van der Waals surface area contributed by atoms with Crippen molar-refractivity contribution < 1.29 is 4.92 Å². The molecule has 1 rings (SSSR count). The predicted molar refractivity (Wildman–Crippen MR) is 42.3 cm³/mol. The molecule has 0 amide bonds. The van der Waals surface area contributed by atoms with Crippen molar-refractivity contribution in [3.63, 3.8) is 0 Å². The van der Waals surface area contributed by atoms with Gasteiger partial charge >= 0.3 is 0 Å². The van der Waals surface area contributed by atoms with Crippen molar-refractivity contribution in [2.24, 2.45) is 0 Å². The lowest BCUT2D eigenvalue weighted by molar-refractivity contribution is -0.401. The molecule has 0 saturated heterocycles. The summed E-state index contributed by atoms with van der Waals surface area (Å²) in [6, 6.07) is 0. The van der Waals surface area contributed by atoms with Gasteiger partial charge in [-0.25, -0.2) is 0 Å². The molecule has 58 valence electrons. The molecule has 6 heteroatoms. The number of aromatic amines is 1. The van der Waals surface area contributed by atoms with Crippen molar-refractivity contribution >= 4 is 22.0 Å². The Morgan fingerprint density at radius 3 is 3.00 bits per heavy atom. The Morgan fingerprint density at radius 1 is 1.82 bits per heavy atom. The van der Waals surface area contributed by atoms with Gasteiger partial charge in [0.1, 0.15) is 0 Å². The molecule has 0 aliphatic rings. The van der Waals surface area contributed by atoms with E-state index < -0.39 is 4.92 Å². The molecule has 0 unspecified atom stereocenters. The van der Waals surface area contributed by atoms with Crippen LogP contribution in [0.3, 0.4) is 0 Å². The van der Waals surface area contributed by atoms with Gasteiger partial charge in [-0.15, -0.1) is 0 Å². The second-order valence-corrected chi connectivity index (χ2v) is 2.59. The van der Waals surface area contributed by atoms with Crippen LogP contribution in [0.25, 0.3) is 6.08 Å². The normalized spacial score (nSPS) is 10.6. The highest BCUT2D eigenvalue weighted by Crippen LogP contribution is 2.13. The highest BCUT2D eigenvalue weighted by atomic mass is 79.9. The van der Waals surface area contributed by atoms with Crippen molar-refractivity contribution in [3.8, 4) is 0 Å². The van der Waals surface area contributed by atoms with Gasteiger partial charge in [0.05, 0.1) is 21.3 Å². The minimum Gasteiger partial charge on any atom is -0.277 e. The highest BCUT2D eigenvalue weighted by molar-refractivity contribution is 9.10. The van der Waals surface area contributed by atoms with Crippen molar-refractivity contribution in [3.05, 3.63) is 32.7 Å². The number of nitro groups is 1. The summed E-state index contributed by atoms with van der Waals surface area (Å²) in [6.45, 7) is 0. The van der Waals surface area contributed by atoms with Crippen molar-refractivity contribution in [2.75, 3.05) is 0 Å². The zero-order chi connectivity index (χ0) is 8.27. The van der Waals surface area contributed by atoms with Gasteiger partial charge in [0.2, 0.25) is 6.20 Å². The van der Waals surface area contributed by atoms with E-state index in [9.17, 15) is 10.1 Å². The molecule has 0 fully saturated rings. The van der Waals surface area contributed by atoms with Gasteiger partial charge in [-0.3, -0.25) is 15.2 Å². The van der Waals surface area contributed by atoms with E-state index in [1.165, 1.54) is 12.3 Å². The summed E-state index contributed by atoms with van der Waals surface area (Å²) in [5.41, 5.74) is 0.585. The molecule has 0 aliphatic heterocycles. The average Bonchev–Trinajstić information content (AvgIpc) is 2.31. The van der Waals surface area contributed by atoms with Crippen LogP contribution in [0.1, 0.15) is 5.69 Å². The van der Waals surface area contributed by atoms with E-state index >= 15 is 0 Å². The number of H-pyrrole nitrogens is 1. The van der Waals surface area contributed by atoms with E-state index in [1.807, 2.05) is 0 Å². The first kappa shape index (κ1) is 7.93. The highest BCUT2D eigenvalue weighted by Gasteiger charge is 1.97. The van der Waals surface area contributed by atoms with Gasteiger partial charge in [-0.2, -0.15) is 5.10 Å². The smallest absolute Gasteiger partial charge is 0.236 e. The maximum atomic E-state index is 9.87. The number of nitrogens with one attached hydrogen (secondary N) is 1. The third-order valence-corrected chi connectivity index (χ3v) is 1.62. The molecule has 1 heterocycles. The molecule has 0 bridgehead atoms. The van der Waals surface area contributed by atoms with Crippen LogP contribution in [-0.2, 0) is 0 Å². The third kappa shape index (κ3) is 2.15. The fraction of sp³-hybridized carbons (Fsp3) is 0. The van der Waals surface area contributed by atoms with E-state index in [1.54, 1.807) is 0 Å². The van der Waals surface area contributed by atoms with Gasteiger partial charge in [0.25, 0.3) is 0 Å². The second kappa shape index (κ2) is 3.29. The Kier molecular flexibility index (Phi) is 2.37.